The van der Waals surface area contributed by atoms with Crippen LogP contribution in [0, 0.1) is 5.82 Å². The van der Waals surface area contributed by atoms with Crippen LogP contribution in [0.4, 0.5) is 10.1 Å². The third-order valence-electron chi connectivity index (χ3n) is 3.63. The molecule has 1 amide bonds. The molecule has 3 rings (SSSR count). The number of hydrogen-bond donors (Lipinski definition) is 2. The lowest BCUT2D eigenvalue weighted by Crippen LogP contribution is -2.31. The Morgan fingerprint density at radius 2 is 1.80 bits per heavy atom. The Labute approximate surface area is 158 Å². The van der Waals surface area contributed by atoms with Crippen molar-refractivity contribution in [1.82, 2.24) is 5.32 Å². The first-order valence-corrected chi connectivity index (χ1v) is 9.37. The maximum atomic E-state index is 13.2. The molecule has 0 radical (unpaired) electrons. The number of thiophene rings is 1. The Morgan fingerprint density at radius 3 is 2.44 bits per heavy atom. The fraction of sp³-hybridized carbons (Fsp3) is 0.105. The van der Waals surface area contributed by atoms with Gasteiger partial charge in [-0.3, -0.25) is 10.1 Å². The Morgan fingerprint density at radius 1 is 1.08 bits per heavy atom. The van der Waals surface area contributed by atoms with Crippen LogP contribution >= 0.6 is 27.3 Å². The number of anilines is 1. The fourth-order valence-corrected chi connectivity index (χ4v) is 3.52. The van der Waals surface area contributed by atoms with Gasteiger partial charge < -0.3 is 5.32 Å². The summed E-state index contributed by atoms with van der Waals surface area (Å²) in [6, 6.07) is 17.5. The van der Waals surface area contributed by atoms with Gasteiger partial charge in [-0.2, -0.15) is 0 Å². The van der Waals surface area contributed by atoms with Gasteiger partial charge in [0.05, 0.1) is 12.6 Å². The quantitative estimate of drug-likeness (QED) is 0.593. The Kier molecular flexibility index (Phi) is 5.96. The molecule has 2 aromatic carbocycles. The topological polar surface area (TPSA) is 41.1 Å². The molecule has 25 heavy (non-hydrogen) atoms. The van der Waals surface area contributed by atoms with Crippen LogP contribution in [0.2, 0.25) is 0 Å². The van der Waals surface area contributed by atoms with Crippen LogP contribution < -0.4 is 10.6 Å². The lowest BCUT2D eigenvalue weighted by Gasteiger charge is -2.18. The van der Waals surface area contributed by atoms with Crippen molar-refractivity contribution in [2.45, 2.75) is 6.04 Å². The number of benzene rings is 2. The minimum Gasteiger partial charge on any atom is -0.325 e. The molecule has 0 aliphatic carbocycles. The summed E-state index contributed by atoms with van der Waals surface area (Å²) < 4.78 is 14.1. The van der Waals surface area contributed by atoms with E-state index >= 15 is 0 Å². The molecule has 1 heterocycles. The average Bonchev–Trinajstić information content (AvgIpc) is 3.13. The minimum atomic E-state index is -0.276. The Hall–Kier alpha value is -2.02. The van der Waals surface area contributed by atoms with Gasteiger partial charge in [-0.25, -0.2) is 4.39 Å². The summed E-state index contributed by atoms with van der Waals surface area (Å²) in [5.41, 5.74) is 1.66. The van der Waals surface area contributed by atoms with Gasteiger partial charge in [0.15, 0.2) is 0 Å². The molecule has 128 valence electrons. The first-order chi connectivity index (χ1) is 12.1. The van der Waals surface area contributed by atoms with Crippen molar-refractivity contribution in [3.05, 3.63) is 86.8 Å². The molecular formula is C19H16BrFN2OS. The van der Waals surface area contributed by atoms with Gasteiger partial charge in [0, 0.05) is 15.0 Å². The zero-order valence-electron chi connectivity index (χ0n) is 13.2. The lowest BCUT2D eigenvalue weighted by molar-refractivity contribution is -0.115. The van der Waals surface area contributed by atoms with Crippen LogP contribution in [0.1, 0.15) is 16.5 Å². The van der Waals surface area contributed by atoms with Crippen molar-refractivity contribution in [2.75, 3.05) is 11.9 Å². The predicted molar refractivity (Wildman–Crippen MR) is 103 cm³/mol. The molecule has 1 unspecified atom stereocenters. The van der Waals surface area contributed by atoms with Crippen molar-refractivity contribution in [2.24, 2.45) is 0 Å². The van der Waals surface area contributed by atoms with E-state index in [2.05, 4.69) is 26.6 Å². The monoisotopic (exact) mass is 418 g/mol. The highest BCUT2D eigenvalue weighted by Crippen LogP contribution is 2.26. The molecule has 1 aromatic heterocycles. The second-order valence-electron chi connectivity index (χ2n) is 5.44. The molecule has 0 aliphatic heterocycles. The maximum absolute atomic E-state index is 13.2. The highest BCUT2D eigenvalue weighted by atomic mass is 79.9. The van der Waals surface area contributed by atoms with Gasteiger partial charge in [0.25, 0.3) is 0 Å². The maximum Gasteiger partial charge on any atom is 0.238 e. The molecule has 0 bridgehead atoms. The zero-order valence-corrected chi connectivity index (χ0v) is 15.6. The highest BCUT2D eigenvalue weighted by Gasteiger charge is 2.16. The molecular weight excluding hydrogens is 403 g/mol. The molecule has 0 saturated heterocycles. The highest BCUT2D eigenvalue weighted by molar-refractivity contribution is 9.10. The molecule has 3 aromatic rings. The van der Waals surface area contributed by atoms with Crippen LogP contribution in [0.3, 0.4) is 0 Å². The Bertz CT molecular complexity index is 820. The number of carbonyl (C=O) groups is 1. The number of carbonyl (C=O) groups excluding carboxylic acids is 1. The van der Waals surface area contributed by atoms with Gasteiger partial charge in [-0.1, -0.05) is 34.1 Å². The van der Waals surface area contributed by atoms with Crippen molar-refractivity contribution in [3.63, 3.8) is 0 Å². The first kappa shape index (κ1) is 17.8. The van der Waals surface area contributed by atoms with E-state index in [1.165, 1.54) is 12.1 Å². The summed E-state index contributed by atoms with van der Waals surface area (Å²) in [5.74, 6) is -0.410. The molecule has 3 nitrogen and oxygen atoms in total. The van der Waals surface area contributed by atoms with E-state index in [1.54, 1.807) is 23.5 Å². The van der Waals surface area contributed by atoms with Gasteiger partial charge in [-0.15, -0.1) is 11.3 Å². The van der Waals surface area contributed by atoms with Crippen LogP contribution in [-0.4, -0.2) is 12.5 Å². The smallest absolute Gasteiger partial charge is 0.238 e. The van der Waals surface area contributed by atoms with Crippen LogP contribution in [0.5, 0.6) is 0 Å². The van der Waals surface area contributed by atoms with E-state index in [9.17, 15) is 9.18 Å². The molecule has 0 spiro atoms. The van der Waals surface area contributed by atoms with E-state index < -0.39 is 0 Å². The molecule has 0 saturated carbocycles. The van der Waals surface area contributed by atoms with Crippen LogP contribution in [-0.2, 0) is 4.79 Å². The summed E-state index contributed by atoms with van der Waals surface area (Å²) in [6.45, 7) is 0.149. The third kappa shape index (κ3) is 4.98. The second kappa shape index (κ2) is 8.38. The summed E-state index contributed by atoms with van der Waals surface area (Å²) in [6.07, 6.45) is 0. The third-order valence-corrected chi connectivity index (χ3v) is 5.09. The summed E-state index contributed by atoms with van der Waals surface area (Å²) in [7, 11) is 0. The van der Waals surface area contributed by atoms with E-state index in [-0.39, 0.29) is 24.3 Å². The normalized spacial score (nSPS) is 11.9. The fourth-order valence-electron chi connectivity index (χ4n) is 2.43. The molecule has 6 heteroatoms. The largest absolute Gasteiger partial charge is 0.325 e. The SMILES string of the molecule is O=C(CNC(c1ccc(F)cc1)c1cccs1)Nc1ccc(Br)cc1. The van der Waals surface area contributed by atoms with Gasteiger partial charge >= 0.3 is 0 Å². The van der Waals surface area contributed by atoms with Crippen molar-refractivity contribution in [3.8, 4) is 0 Å². The van der Waals surface area contributed by atoms with E-state index in [4.69, 9.17) is 0 Å². The van der Waals surface area contributed by atoms with Gasteiger partial charge in [0.2, 0.25) is 5.91 Å². The van der Waals surface area contributed by atoms with Gasteiger partial charge in [-0.05, 0) is 53.4 Å². The second-order valence-corrected chi connectivity index (χ2v) is 7.33. The molecule has 0 aliphatic rings. The zero-order chi connectivity index (χ0) is 17.6. The Balaban J connectivity index is 1.67. The van der Waals surface area contributed by atoms with E-state index in [0.717, 1.165) is 20.6 Å². The van der Waals surface area contributed by atoms with E-state index in [1.807, 2.05) is 41.8 Å². The number of halogens is 2. The first-order valence-electron chi connectivity index (χ1n) is 7.69. The average molecular weight is 419 g/mol. The van der Waals surface area contributed by atoms with Crippen molar-refractivity contribution >= 4 is 38.9 Å². The molecule has 2 N–H and O–H groups in total. The summed E-state index contributed by atoms with van der Waals surface area (Å²) in [5, 5.41) is 8.09. The predicted octanol–water partition coefficient (Wildman–Crippen LogP) is 4.97. The van der Waals surface area contributed by atoms with Crippen LogP contribution in [0.25, 0.3) is 0 Å². The van der Waals surface area contributed by atoms with E-state index in [0.29, 0.717) is 0 Å². The standard InChI is InChI=1S/C19H16BrFN2OS/c20-14-5-9-16(10-6-14)23-18(24)12-22-19(17-2-1-11-25-17)13-3-7-15(21)8-4-13/h1-11,19,22H,12H2,(H,23,24). The number of hydrogen-bond acceptors (Lipinski definition) is 3. The summed E-state index contributed by atoms with van der Waals surface area (Å²) >= 11 is 4.96. The number of rotatable bonds is 6. The molecule has 1 atom stereocenters. The number of amides is 1. The molecule has 0 fully saturated rings. The van der Waals surface area contributed by atoms with Crippen LogP contribution in [0.15, 0.2) is 70.5 Å². The van der Waals surface area contributed by atoms with Crippen molar-refractivity contribution < 1.29 is 9.18 Å². The number of nitrogens with one attached hydrogen (secondary N) is 2. The van der Waals surface area contributed by atoms with Gasteiger partial charge in [0.1, 0.15) is 5.82 Å². The minimum absolute atomic E-state index is 0.133. The summed E-state index contributed by atoms with van der Waals surface area (Å²) in [4.78, 5) is 13.3. The van der Waals surface area contributed by atoms with Crippen molar-refractivity contribution in [1.29, 1.82) is 0 Å². The lowest BCUT2D eigenvalue weighted by atomic mass is 10.1.